The van der Waals surface area contributed by atoms with Gasteiger partial charge in [0.05, 0.1) is 37.6 Å². The van der Waals surface area contributed by atoms with Crippen LogP contribution in [0.5, 0.6) is 0 Å². The third kappa shape index (κ3) is 9.29. The summed E-state index contributed by atoms with van der Waals surface area (Å²) in [6.45, 7) is 9.11. The Morgan fingerprint density at radius 2 is 1.28 bits per heavy atom. The highest BCUT2D eigenvalue weighted by molar-refractivity contribution is 7.63. The van der Waals surface area contributed by atoms with Crippen LogP contribution in [-0.4, -0.2) is 44.3 Å². The fourth-order valence-corrected chi connectivity index (χ4v) is 2.39. The van der Waals surface area contributed by atoms with Gasteiger partial charge in [0.2, 0.25) is 5.96 Å². The van der Waals surface area contributed by atoms with E-state index in [-0.39, 0.29) is 24.3 Å². The lowest BCUT2D eigenvalue weighted by molar-refractivity contribution is -0.102. The molecule has 0 bridgehead atoms. The van der Waals surface area contributed by atoms with Gasteiger partial charge in [0.25, 0.3) is 8.38 Å². The first-order valence-electron chi connectivity index (χ1n) is 8.08. The van der Waals surface area contributed by atoms with Gasteiger partial charge in [0, 0.05) is 0 Å². The maximum atomic E-state index is 11.5. The molecule has 140 valence electrons. The second-order valence-corrected chi connectivity index (χ2v) is 5.64. The van der Waals surface area contributed by atoms with E-state index in [1.54, 1.807) is 38.1 Å². The van der Waals surface area contributed by atoms with Crippen molar-refractivity contribution in [3.8, 4) is 0 Å². The van der Waals surface area contributed by atoms with Gasteiger partial charge in [-0.1, -0.05) is 12.1 Å². The zero-order valence-corrected chi connectivity index (χ0v) is 16.1. The van der Waals surface area contributed by atoms with Gasteiger partial charge in [-0.25, -0.2) is 9.59 Å². The summed E-state index contributed by atoms with van der Waals surface area (Å²) in [7, 11) is -0.906. The van der Waals surface area contributed by atoms with E-state index in [1.165, 1.54) is 5.96 Å². The van der Waals surface area contributed by atoms with Gasteiger partial charge in [-0.05, 0) is 39.8 Å². The van der Waals surface area contributed by atoms with Crippen molar-refractivity contribution in [3.05, 3.63) is 35.4 Å². The van der Waals surface area contributed by atoms with Crippen LogP contribution in [-0.2, 0) is 18.5 Å². The summed E-state index contributed by atoms with van der Waals surface area (Å²) in [6, 6.07) is 6.44. The van der Waals surface area contributed by atoms with E-state index in [9.17, 15) is 9.59 Å². The molecule has 0 atom stereocenters. The number of benzene rings is 1. The average Bonchev–Trinajstić information content (AvgIpc) is 2.62. The van der Waals surface area contributed by atoms with Crippen LogP contribution in [0.4, 0.5) is 0 Å². The Bertz CT molecular complexity index is 495. The Labute approximate surface area is 150 Å². The normalized spacial score (nSPS) is 9.80. The number of hydrogen-bond donors (Lipinski definition) is 1. The molecule has 2 N–H and O–H groups in total. The van der Waals surface area contributed by atoms with E-state index < -0.39 is 20.3 Å². The predicted octanol–water partition coefficient (Wildman–Crippen LogP) is 2.20. The molecule has 1 rings (SSSR count). The van der Waals surface area contributed by atoms with Crippen LogP contribution < -0.4 is 5.41 Å². The molecule has 0 spiro atoms. The van der Waals surface area contributed by atoms with Crippen molar-refractivity contribution in [3.63, 3.8) is 0 Å². The van der Waals surface area contributed by atoms with Gasteiger partial charge in [-0.3, -0.25) is 5.41 Å². The Hall–Kier alpha value is -1.82. The standard InChI is InChI=1S/C12H14O4.C5H12NO2P/c1-3-15-11(13)9-7-5-6-8-10(9)12(14)16-4-2;1-3-7-9(5-6)8-4-2/h5-8H,3-4H2,1-2H3;5-6H,3-4H2,1-2H3/p+1. The van der Waals surface area contributed by atoms with Gasteiger partial charge >= 0.3 is 11.9 Å². The second-order valence-electron chi connectivity index (χ2n) is 4.26. The molecule has 0 aliphatic heterocycles. The number of esters is 2. The van der Waals surface area contributed by atoms with Crippen LogP contribution in [0.15, 0.2) is 24.3 Å². The van der Waals surface area contributed by atoms with E-state index in [2.05, 4.69) is 0 Å². The van der Waals surface area contributed by atoms with Crippen LogP contribution in [0.1, 0.15) is 48.4 Å². The zero-order valence-electron chi connectivity index (χ0n) is 15.2. The summed E-state index contributed by atoms with van der Waals surface area (Å²) in [5, 5.41) is 5.20. The predicted molar refractivity (Wildman–Crippen MR) is 96.5 cm³/mol. The van der Waals surface area contributed by atoms with Crippen molar-refractivity contribution in [2.24, 2.45) is 0 Å². The topological polar surface area (TPSA) is 96.7 Å². The highest BCUT2D eigenvalue weighted by Crippen LogP contribution is 2.32. The van der Waals surface area contributed by atoms with Crippen molar-refractivity contribution in [1.82, 2.24) is 0 Å². The number of carbonyl (C=O) groups is 2. The molecule has 0 saturated carbocycles. The van der Waals surface area contributed by atoms with Crippen molar-refractivity contribution >= 4 is 26.3 Å². The molecule has 0 unspecified atom stereocenters. The summed E-state index contributed by atoms with van der Waals surface area (Å²) < 4.78 is 19.9. The summed E-state index contributed by atoms with van der Waals surface area (Å²) in [6.07, 6.45) is 0. The molecular formula is C17H27NO6P+. The van der Waals surface area contributed by atoms with Crippen molar-refractivity contribution < 1.29 is 33.5 Å². The molecule has 1 aromatic carbocycles. The third-order valence-corrected chi connectivity index (χ3v) is 3.82. The fraction of sp³-hybridized carbons (Fsp3) is 0.471. The number of rotatable bonds is 9. The monoisotopic (exact) mass is 372 g/mol. The summed E-state index contributed by atoms with van der Waals surface area (Å²) in [4.78, 5) is 23.1. The van der Waals surface area contributed by atoms with Gasteiger partial charge in [-0.2, -0.15) is 0 Å². The maximum Gasteiger partial charge on any atom is 0.338 e. The molecule has 7 nitrogen and oxygen atoms in total. The SMILES string of the molecule is CCOC(=O)c1ccccc1C(=O)OCC.CCOP(C=[NH2+])OCC. The number of hydrogen-bond acceptors (Lipinski definition) is 6. The van der Waals surface area contributed by atoms with Crippen LogP contribution in [0, 0.1) is 0 Å². The highest BCUT2D eigenvalue weighted by Gasteiger charge is 2.17. The van der Waals surface area contributed by atoms with Crippen molar-refractivity contribution in [2.75, 3.05) is 26.4 Å². The average molecular weight is 372 g/mol. The van der Waals surface area contributed by atoms with Crippen LogP contribution in [0.2, 0.25) is 0 Å². The van der Waals surface area contributed by atoms with Crippen molar-refractivity contribution in [2.45, 2.75) is 27.7 Å². The van der Waals surface area contributed by atoms with Crippen LogP contribution >= 0.6 is 8.38 Å². The minimum atomic E-state index is -0.906. The Morgan fingerprint density at radius 1 is 0.880 bits per heavy atom. The largest absolute Gasteiger partial charge is 0.462 e. The lowest BCUT2D eigenvalue weighted by Gasteiger charge is -2.07. The first-order chi connectivity index (χ1) is 12.0. The Balaban J connectivity index is 0.000000547. The van der Waals surface area contributed by atoms with E-state index in [0.29, 0.717) is 13.2 Å². The molecule has 0 aromatic heterocycles. The van der Waals surface area contributed by atoms with Crippen molar-refractivity contribution in [1.29, 1.82) is 0 Å². The molecular weight excluding hydrogens is 345 g/mol. The van der Waals surface area contributed by atoms with E-state index in [1.807, 2.05) is 13.8 Å². The number of ether oxygens (including phenoxy) is 2. The van der Waals surface area contributed by atoms with E-state index >= 15 is 0 Å². The molecule has 0 amide bonds. The lowest BCUT2D eigenvalue weighted by atomic mass is 10.1. The zero-order chi connectivity index (χ0) is 19.1. The van der Waals surface area contributed by atoms with E-state index in [4.69, 9.17) is 23.9 Å². The molecule has 0 aliphatic carbocycles. The quantitative estimate of drug-likeness (QED) is 0.405. The molecule has 0 fully saturated rings. The van der Waals surface area contributed by atoms with E-state index in [0.717, 1.165) is 0 Å². The Morgan fingerprint density at radius 3 is 1.56 bits per heavy atom. The molecule has 0 saturated heterocycles. The van der Waals surface area contributed by atoms with Gasteiger partial charge < -0.3 is 18.5 Å². The summed E-state index contributed by atoms with van der Waals surface area (Å²) >= 11 is 0. The molecule has 0 radical (unpaired) electrons. The first-order valence-corrected chi connectivity index (χ1v) is 9.33. The van der Waals surface area contributed by atoms with Crippen LogP contribution in [0.25, 0.3) is 0 Å². The summed E-state index contributed by atoms with van der Waals surface area (Å²) in [5.74, 6) is 0.444. The van der Waals surface area contributed by atoms with Crippen LogP contribution in [0.3, 0.4) is 0 Å². The second kappa shape index (κ2) is 14.5. The first kappa shape index (κ1) is 23.2. The molecule has 8 heteroatoms. The minimum Gasteiger partial charge on any atom is -0.462 e. The van der Waals surface area contributed by atoms with Gasteiger partial charge in [0.1, 0.15) is 0 Å². The smallest absolute Gasteiger partial charge is 0.338 e. The lowest BCUT2D eigenvalue weighted by Crippen LogP contribution is -2.29. The third-order valence-electron chi connectivity index (χ3n) is 2.55. The Kier molecular flexibility index (Phi) is 13.5. The highest BCUT2D eigenvalue weighted by atomic mass is 31.2. The minimum absolute atomic E-state index is 0.239. The fourth-order valence-electron chi connectivity index (χ4n) is 1.63. The van der Waals surface area contributed by atoms with Gasteiger partial charge in [-0.15, -0.1) is 0 Å². The number of nitrogens with two attached hydrogens (primary N) is 1. The molecule has 1 aromatic rings. The van der Waals surface area contributed by atoms with Gasteiger partial charge in [0.15, 0.2) is 0 Å². The maximum absolute atomic E-state index is 11.5. The number of carbonyl (C=O) groups excluding carboxylic acids is 2. The summed E-state index contributed by atoms with van der Waals surface area (Å²) in [5.41, 5.74) is 0.477. The molecule has 0 heterocycles. The molecule has 25 heavy (non-hydrogen) atoms. The molecule has 0 aliphatic rings.